The van der Waals surface area contributed by atoms with Crippen LogP contribution in [0.3, 0.4) is 0 Å². The second-order valence-corrected chi connectivity index (χ2v) is 8.88. The summed E-state index contributed by atoms with van der Waals surface area (Å²) in [5.41, 5.74) is 1.73. The molecule has 1 N–H and O–H groups in total. The van der Waals surface area contributed by atoms with Crippen LogP contribution in [0.1, 0.15) is 12.8 Å². The Morgan fingerprint density at radius 1 is 1.22 bits per heavy atom. The minimum atomic E-state index is -3.84. The van der Waals surface area contributed by atoms with Crippen LogP contribution in [0.5, 0.6) is 0 Å². The van der Waals surface area contributed by atoms with Crippen molar-refractivity contribution in [1.29, 1.82) is 0 Å². The number of carbonyl (C=O) groups is 1. The van der Waals surface area contributed by atoms with Gasteiger partial charge in [0, 0.05) is 29.3 Å². The zero-order chi connectivity index (χ0) is 19.0. The third-order valence-corrected chi connectivity index (χ3v) is 6.86. The number of hydrogen-bond acceptors (Lipinski definition) is 4. The molecule has 1 saturated heterocycles. The van der Waals surface area contributed by atoms with Crippen LogP contribution >= 0.6 is 11.6 Å². The molecule has 0 saturated carbocycles. The number of carbonyl (C=O) groups excluding carboxylic acids is 1. The van der Waals surface area contributed by atoms with E-state index in [2.05, 4.69) is 5.32 Å². The first kappa shape index (κ1) is 18.3. The summed E-state index contributed by atoms with van der Waals surface area (Å²) in [4.78, 5) is 12.6. The molecule has 0 aliphatic carbocycles. The molecule has 2 aromatic carbocycles. The van der Waals surface area contributed by atoms with Crippen LogP contribution < -0.4 is 9.62 Å². The third-order valence-electron chi connectivity index (χ3n) is 4.81. The fourth-order valence-electron chi connectivity index (χ4n) is 3.49. The van der Waals surface area contributed by atoms with Crippen LogP contribution in [0.2, 0.25) is 5.02 Å². The Balaban J connectivity index is 1.65. The van der Waals surface area contributed by atoms with Crippen molar-refractivity contribution in [3.05, 3.63) is 47.5 Å². The van der Waals surface area contributed by atoms with Gasteiger partial charge in [-0.15, -0.1) is 0 Å². The van der Waals surface area contributed by atoms with Gasteiger partial charge in [0.1, 0.15) is 6.54 Å². The van der Waals surface area contributed by atoms with Crippen molar-refractivity contribution in [3.63, 3.8) is 0 Å². The highest BCUT2D eigenvalue weighted by Crippen LogP contribution is 2.43. The lowest BCUT2D eigenvalue weighted by Gasteiger charge is -2.31. The van der Waals surface area contributed by atoms with E-state index in [1.807, 2.05) is 0 Å². The van der Waals surface area contributed by atoms with E-state index >= 15 is 0 Å². The molecule has 142 valence electrons. The zero-order valence-electron chi connectivity index (χ0n) is 14.5. The molecule has 27 heavy (non-hydrogen) atoms. The number of ether oxygens (including phenoxy) is 1. The molecule has 2 aliphatic rings. The fraction of sp³-hybridized carbons (Fsp3) is 0.316. The van der Waals surface area contributed by atoms with E-state index < -0.39 is 10.0 Å². The van der Waals surface area contributed by atoms with Gasteiger partial charge in [0.25, 0.3) is 10.0 Å². The van der Waals surface area contributed by atoms with Gasteiger partial charge in [-0.05, 0) is 37.1 Å². The van der Waals surface area contributed by atoms with Gasteiger partial charge in [0.2, 0.25) is 5.91 Å². The molecule has 1 amide bonds. The summed E-state index contributed by atoms with van der Waals surface area (Å²) in [6.07, 6.45) is 1.88. The first-order valence-corrected chi connectivity index (χ1v) is 10.6. The Kier molecular flexibility index (Phi) is 4.84. The zero-order valence-corrected chi connectivity index (χ0v) is 16.1. The van der Waals surface area contributed by atoms with Gasteiger partial charge in [-0.3, -0.25) is 9.10 Å². The van der Waals surface area contributed by atoms with Crippen LogP contribution in [-0.4, -0.2) is 40.1 Å². The highest BCUT2D eigenvalue weighted by molar-refractivity contribution is 7.93. The van der Waals surface area contributed by atoms with Crippen LogP contribution in [0, 0.1) is 0 Å². The van der Waals surface area contributed by atoms with Gasteiger partial charge in [-0.1, -0.05) is 29.8 Å². The minimum absolute atomic E-state index is 0.00117. The van der Waals surface area contributed by atoms with Crippen LogP contribution in [0.25, 0.3) is 11.1 Å². The van der Waals surface area contributed by atoms with Gasteiger partial charge in [0.15, 0.2) is 0 Å². The maximum absolute atomic E-state index is 13.1. The molecule has 8 heteroatoms. The molecule has 2 heterocycles. The van der Waals surface area contributed by atoms with Crippen molar-refractivity contribution in [2.75, 3.05) is 24.0 Å². The number of halogens is 1. The van der Waals surface area contributed by atoms with Gasteiger partial charge < -0.3 is 10.1 Å². The van der Waals surface area contributed by atoms with Crippen molar-refractivity contribution >= 4 is 33.2 Å². The molecule has 6 nitrogen and oxygen atoms in total. The molecule has 0 spiro atoms. The van der Waals surface area contributed by atoms with Gasteiger partial charge >= 0.3 is 0 Å². The lowest BCUT2D eigenvalue weighted by molar-refractivity contribution is -0.120. The van der Waals surface area contributed by atoms with E-state index in [-0.39, 0.29) is 23.5 Å². The van der Waals surface area contributed by atoms with E-state index in [0.29, 0.717) is 35.0 Å². The van der Waals surface area contributed by atoms with Gasteiger partial charge in [-0.25, -0.2) is 8.42 Å². The Morgan fingerprint density at radius 3 is 2.81 bits per heavy atom. The third kappa shape index (κ3) is 3.42. The molecule has 1 atom stereocenters. The number of nitrogens with one attached hydrogen (secondary N) is 1. The second kappa shape index (κ2) is 7.14. The van der Waals surface area contributed by atoms with E-state index in [0.717, 1.165) is 17.1 Å². The van der Waals surface area contributed by atoms with E-state index in [4.69, 9.17) is 16.3 Å². The molecule has 1 unspecified atom stereocenters. The Morgan fingerprint density at radius 2 is 2.04 bits per heavy atom. The van der Waals surface area contributed by atoms with E-state index in [1.54, 1.807) is 42.5 Å². The minimum Gasteiger partial charge on any atom is -0.376 e. The summed E-state index contributed by atoms with van der Waals surface area (Å²) in [6, 6.07) is 11.7. The van der Waals surface area contributed by atoms with Crippen LogP contribution in [-0.2, 0) is 19.6 Å². The molecule has 1 fully saturated rings. The molecule has 0 bridgehead atoms. The predicted octanol–water partition coefficient (Wildman–Crippen LogP) is 2.81. The smallest absolute Gasteiger partial charge is 0.265 e. The largest absolute Gasteiger partial charge is 0.376 e. The number of rotatable bonds is 4. The molecule has 0 aromatic heterocycles. The lowest BCUT2D eigenvalue weighted by atomic mass is 10.0. The first-order valence-electron chi connectivity index (χ1n) is 8.77. The van der Waals surface area contributed by atoms with E-state index in [1.165, 1.54) is 0 Å². The number of sulfonamides is 1. The summed E-state index contributed by atoms with van der Waals surface area (Å²) < 4.78 is 32.9. The molecular weight excluding hydrogens is 388 g/mol. The van der Waals surface area contributed by atoms with Crippen molar-refractivity contribution in [1.82, 2.24) is 5.32 Å². The fourth-order valence-corrected chi connectivity index (χ4v) is 5.31. The topological polar surface area (TPSA) is 75.7 Å². The number of anilines is 1. The molecule has 4 rings (SSSR count). The standard InChI is InChI=1S/C19H19ClN2O4S/c20-13-7-8-17-16(10-13)15-5-1-2-6-18(15)27(24,25)22(17)12-19(23)21-11-14-4-3-9-26-14/h1-2,5-8,10,14H,3-4,9,11-12H2,(H,21,23). The number of amides is 1. The second-order valence-electron chi connectivity index (χ2n) is 6.61. The highest BCUT2D eigenvalue weighted by Gasteiger charge is 2.36. The first-order chi connectivity index (χ1) is 13.0. The van der Waals surface area contributed by atoms with Gasteiger partial charge in [0.05, 0.1) is 16.7 Å². The SMILES string of the molecule is O=C(CN1c2ccc(Cl)cc2-c2ccccc2S1(=O)=O)NCC1CCCO1. The summed E-state index contributed by atoms with van der Waals surface area (Å²) >= 11 is 6.13. The monoisotopic (exact) mass is 406 g/mol. The van der Waals surface area contributed by atoms with Crippen LogP contribution in [0.4, 0.5) is 5.69 Å². The molecular formula is C19H19ClN2O4S. The summed E-state index contributed by atoms with van der Waals surface area (Å²) in [6.45, 7) is 0.792. The number of nitrogens with zero attached hydrogens (tertiary/aromatic N) is 1. The average molecular weight is 407 g/mol. The number of hydrogen-bond donors (Lipinski definition) is 1. The Hall–Kier alpha value is -2.09. The number of fused-ring (bicyclic) bond motifs is 3. The Labute approximate surface area is 163 Å². The summed E-state index contributed by atoms with van der Waals surface area (Å²) in [7, 11) is -3.84. The Bertz CT molecular complexity index is 987. The molecule has 0 radical (unpaired) electrons. The van der Waals surface area contributed by atoms with Crippen molar-refractivity contribution < 1.29 is 17.9 Å². The normalized spacial score (nSPS) is 20.0. The van der Waals surface area contributed by atoms with Crippen molar-refractivity contribution in [2.45, 2.75) is 23.8 Å². The maximum atomic E-state index is 13.1. The van der Waals surface area contributed by atoms with Gasteiger partial charge in [-0.2, -0.15) is 0 Å². The average Bonchev–Trinajstić information content (AvgIpc) is 3.17. The van der Waals surface area contributed by atoms with Crippen molar-refractivity contribution in [2.24, 2.45) is 0 Å². The predicted molar refractivity (Wildman–Crippen MR) is 103 cm³/mol. The van der Waals surface area contributed by atoms with Crippen LogP contribution in [0.15, 0.2) is 47.4 Å². The van der Waals surface area contributed by atoms with Crippen molar-refractivity contribution in [3.8, 4) is 11.1 Å². The quantitative estimate of drug-likeness (QED) is 0.847. The molecule has 2 aromatic rings. The molecule has 2 aliphatic heterocycles. The summed E-state index contributed by atoms with van der Waals surface area (Å²) in [5, 5.41) is 3.28. The maximum Gasteiger partial charge on any atom is 0.265 e. The lowest BCUT2D eigenvalue weighted by Crippen LogP contribution is -2.44. The highest BCUT2D eigenvalue weighted by atomic mass is 35.5. The number of benzene rings is 2. The van der Waals surface area contributed by atoms with E-state index in [9.17, 15) is 13.2 Å². The summed E-state index contributed by atoms with van der Waals surface area (Å²) in [5.74, 6) is -0.366.